The van der Waals surface area contributed by atoms with Crippen molar-refractivity contribution in [3.8, 4) is 0 Å². The quantitative estimate of drug-likeness (QED) is 0.791. The zero-order valence-electron chi connectivity index (χ0n) is 14.0. The predicted octanol–water partition coefficient (Wildman–Crippen LogP) is 4.67. The van der Waals surface area contributed by atoms with Crippen molar-refractivity contribution in [3.05, 3.63) is 64.7 Å². The molecule has 5 heteroatoms. The van der Waals surface area contributed by atoms with E-state index < -0.39 is 12.0 Å². The third-order valence-electron chi connectivity index (χ3n) is 4.45. The fourth-order valence-electron chi connectivity index (χ4n) is 2.64. The zero-order chi connectivity index (χ0) is 17.8. The maximum Gasteiger partial charge on any atom is 0.310 e. The molecule has 1 aliphatic rings. The molecule has 0 radical (unpaired) electrons. The number of rotatable bonds is 5. The fraction of sp³-hybridized carbons (Fsp3) is 0.300. The Hall–Kier alpha value is -2.33. The van der Waals surface area contributed by atoms with Gasteiger partial charge in [-0.3, -0.25) is 9.59 Å². The summed E-state index contributed by atoms with van der Waals surface area (Å²) < 4.78 is 5.54. The van der Waals surface area contributed by atoms with Gasteiger partial charge in [0.15, 0.2) is 0 Å². The molecule has 1 saturated carbocycles. The van der Waals surface area contributed by atoms with E-state index >= 15 is 0 Å². The SMILES string of the molecule is Cc1ccc(NC(=O)[C@H](OC(=O)C2CCC2)c2ccccc2)cc1Cl. The number of amides is 1. The van der Waals surface area contributed by atoms with E-state index in [1.807, 2.05) is 31.2 Å². The lowest BCUT2D eigenvalue weighted by Gasteiger charge is -2.26. The summed E-state index contributed by atoms with van der Waals surface area (Å²) in [6.07, 6.45) is 1.71. The molecule has 1 N–H and O–H groups in total. The van der Waals surface area contributed by atoms with Crippen molar-refractivity contribution >= 4 is 29.2 Å². The Balaban J connectivity index is 1.78. The lowest BCUT2D eigenvalue weighted by atomic mass is 9.85. The molecule has 25 heavy (non-hydrogen) atoms. The summed E-state index contributed by atoms with van der Waals surface area (Å²) in [5, 5.41) is 3.36. The minimum absolute atomic E-state index is 0.0900. The summed E-state index contributed by atoms with van der Waals surface area (Å²) in [4.78, 5) is 25.0. The van der Waals surface area contributed by atoms with Gasteiger partial charge in [-0.2, -0.15) is 0 Å². The molecular weight excluding hydrogens is 338 g/mol. The molecule has 1 amide bonds. The van der Waals surface area contributed by atoms with Crippen molar-refractivity contribution < 1.29 is 14.3 Å². The highest BCUT2D eigenvalue weighted by atomic mass is 35.5. The van der Waals surface area contributed by atoms with Crippen LogP contribution in [0.4, 0.5) is 5.69 Å². The molecule has 0 aliphatic heterocycles. The van der Waals surface area contributed by atoms with Crippen LogP contribution >= 0.6 is 11.6 Å². The first-order valence-electron chi connectivity index (χ1n) is 8.37. The molecule has 0 unspecified atom stereocenters. The van der Waals surface area contributed by atoms with Gasteiger partial charge in [-0.05, 0) is 37.5 Å². The number of anilines is 1. The molecular formula is C20H20ClNO3. The van der Waals surface area contributed by atoms with Crippen LogP contribution < -0.4 is 5.32 Å². The first kappa shape index (κ1) is 17.5. The predicted molar refractivity (Wildman–Crippen MR) is 97.4 cm³/mol. The van der Waals surface area contributed by atoms with Crippen LogP contribution in [0.3, 0.4) is 0 Å². The molecule has 0 spiro atoms. The van der Waals surface area contributed by atoms with Crippen LogP contribution in [-0.4, -0.2) is 11.9 Å². The van der Waals surface area contributed by atoms with Crippen molar-refractivity contribution in [3.63, 3.8) is 0 Å². The number of aryl methyl sites for hydroxylation is 1. The van der Waals surface area contributed by atoms with Gasteiger partial charge in [0.25, 0.3) is 5.91 Å². The van der Waals surface area contributed by atoms with Gasteiger partial charge >= 0.3 is 5.97 Å². The summed E-state index contributed by atoms with van der Waals surface area (Å²) in [5.41, 5.74) is 2.14. The standard InChI is InChI=1S/C20H20ClNO3/c1-13-10-11-16(12-17(13)21)22-19(23)18(14-6-3-2-4-7-14)25-20(24)15-8-5-9-15/h2-4,6-7,10-12,15,18H,5,8-9H2,1H3,(H,22,23)/t18-/m1/s1. The fourth-order valence-corrected chi connectivity index (χ4v) is 2.82. The molecule has 0 heterocycles. The highest BCUT2D eigenvalue weighted by Crippen LogP contribution is 2.30. The third kappa shape index (κ3) is 4.20. The van der Waals surface area contributed by atoms with Crippen molar-refractivity contribution in [1.29, 1.82) is 0 Å². The van der Waals surface area contributed by atoms with Gasteiger partial charge in [-0.1, -0.05) is 54.4 Å². The lowest BCUT2D eigenvalue weighted by molar-refractivity contribution is -0.161. The molecule has 1 aliphatic carbocycles. The third-order valence-corrected chi connectivity index (χ3v) is 4.86. The summed E-state index contributed by atoms with van der Waals surface area (Å²) in [6, 6.07) is 14.3. The number of nitrogens with one attached hydrogen (secondary N) is 1. The van der Waals surface area contributed by atoms with E-state index in [0.717, 1.165) is 24.8 Å². The molecule has 0 saturated heterocycles. The van der Waals surface area contributed by atoms with Gasteiger partial charge in [0, 0.05) is 16.3 Å². The summed E-state index contributed by atoms with van der Waals surface area (Å²) in [6.45, 7) is 1.89. The number of carbonyl (C=O) groups excluding carboxylic acids is 2. The Bertz CT molecular complexity index is 772. The Morgan fingerprint density at radius 3 is 2.48 bits per heavy atom. The molecule has 0 aromatic heterocycles. The van der Waals surface area contributed by atoms with Crippen LogP contribution in [0.1, 0.15) is 36.5 Å². The van der Waals surface area contributed by atoms with Gasteiger partial charge < -0.3 is 10.1 Å². The molecule has 0 bridgehead atoms. The van der Waals surface area contributed by atoms with Crippen LogP contribution in [0.15, 0.2) is 48.5 Å². The number of hydrogen-bond acceptors (Lipinski definition) is 3. The zero-order valence-corrected chi connectivity index (χ0v) is 14.8. The second kappa shape index (κ2) is 7.70. The smallest absolute Gasteiger partial charge is 0.310 e. The topological polar surface area (TPSA) is 55.4 Å². The van der Waals surface area contributed by atoms with Gasteiger partial charge in [0.1, 0.15) is 0 Å². The van der Waals surface area contributed by atoms with Crippen LogP contribution in [0, 0.1) is 12.8 Å². The molecule has 4 nitrogen and oxygen atoms in total. The van der Waals surface area contributed by atoms with E-state index in [9.17, 15) is 9.59 Å². The average molecular weight is 358 g/mol. The number of hydrogen-bond donors (Lipinski definition) is 1. The monoisotopic (exact) mass is 357 g/mol. The average Bonchev–Trinajstić information content (AvgIpc) is 2.55. The van der Waals surface area contributed by atoms with Crippen LogP contribution in [0.25, 0.3) is 0 Å². The van der Waals surface area contributed by atoms with Gasteiger partial charge in [0.2, 0.25) is 6.10 Å². The number of halogens is 1. The Labute approximate surface area is 152 Å². The molecule has 1 fully saturated rings. The summed E-state index contributed by atoms with van der Waals surface area (Å²) in [5.74, 6) is -0.788. The normalized spacial score (nSPS) is 15.1. The van der Waals surface area contributed by atoms with Crippen LogP contribution in [0.5, 0.6) is 0 Å². The van der Waals surface area contributed by atoms with Crippen LogP contribution in [-0.2, 0) is 14.3 Å². The Morgan fingerprint density at radius 2 is 1.88 bits per heavy atom. The largest absolute Gasteiger partial charge is 0.447 e. The number of carbonyl (C=O) groups is 2. The highest BCUT2D eigenvalue weighted by molar-refractivity contribution is 6.31. The van der Waals surface area contributed by atoms with E-state index in [1.165, 1.54) is 0 Å². The summed E-state index contributed by atoms with van der Waals surface area (Å²) in [7, 11) is 0. The maximum atomic E-state index is 12.7. The highest BCUT2D eigenvalue weighted by Gasteiger charge is 2.32. The number of benzene rings is 2. The number of ether oxygens (including phenoxy) is 1. The first-order valence-corrected chi connectivity index (χ1v) is 8.75. The van der Waals surface area contributed by atoms with Crippen molar-refractivity contribution in [2.45, 2.75) is 32.3 Å². The van der Waals surface area contributed by atoms with Gasteiger partial charge in [-0.15, -0.1) is 0 Å². The Morgan fingerprint density at radius 1 is 1.16 bits per heavy atom. The molecule has 2 aromatic rings. The molecule has 3 rings (SSSR count). The van der Waals surface area contributed by atoms with E-state index in [4.69, 9.17) is 16.3 Å². The second-order valence-corrected chi connectivity index (χ2v) is 6.72. The van der Waals surface area contributed by atoms with E-state index in [1.54, 1.807) is 24.3 Å². The van der Waals surface area contributed by atoms with Gasteiger partial charge in [0.05, 0.1) is 5.92 Å². The van der Waals surface area contributed by atoms with Crippen LogP contribution in [0.2, 0.25) is 5.02 Å². The van der Waals surface area contributed by atoms with E-state index in [-0.39, 0.29) is 11.9 Å². The van der Waals surface area contributed by atoms with Crippen molar-refractivity contribution in [2.75, 3.05) is 5.32 Å². The minimum Gasteiger partial charge on any atom is -0.447 e. The summed E-state index contributed by atoms with van der Waals surface area (Å²) >= 11 is 6.11. The lowest BCUT2D eigenvalue weighted by Crippen LogP contribution is -2.31. The van der Waals surface area contributed by atoms with Gasteiger partial charge in [-0.25, -0.2) is 0 Å². The van der Waals surface area contributed by atoms with Crippen molar-refractivity contribution in [2.24, 2.45) is 5.92 Å². The molecule has 1 atom stereocenters. The first-order chi connectivity index (χ1) is 12.0. The number of esters is 1. The minimum atomic E-state index is -0.977. The maximum absolute atomic E-state index is 12.7. The Kier molecular flexibility index (Phi) is 5.39. The molecule has 2 aromatic carbocycles. The van der Waals surface area contributed by atoms with E-state index in [2.05, 4.69) is 5.32 Å². The van der Waals surface area contributed by atoms with E-state index in [0.29, 0.717) is 16.3 Å². The van der Waals surface area contributed by atoms with Crippen molar-refractivity contribution in [1.82, 2.24) is 0 Å². The second-order valence-electron chi connectivity index (χ2n) is 6.31. The molecule has 130 valence electrons.